The number of anilines is 1. The van der Waals surface area contributed by atoms with E-state index in [9.17, 15) is 9.90 Å². The standard InChI is InChI=1S/C35H43N3O4/c1-23-30(19-38-22-35(4)17-29(38)16-34(2,3)21-35)41-33(42-31(23)25-12-10-24(20-39)11-13-25)26-7-5-9-28(15-26)37-32(40)27-8-6-14-36-18-27/h5-15,18,23,29-31,33,39H,16-17,19-22H2,1-4H3,(H,37,40). The molecule has 2 aliphatic heterocycles. The minimum absolute atomic E-state index is 0.0126. The quantitative estimate of drug-likeness (QED) is 0.337. The fraction of sp³-hybridized carbons (Fsp3) is 0.486. The Labute approximate surface area is 249 Å². The Kier molecular flexibility index (Phi) is 7.96. The average molecular weight is 570 g/mol. The molecule has 1 amide bonds. The van der Waals surface area contributed by atoms with Gasteiger partial charge in [0.1, 0.15) is 0 Å². The molecule has 2 N–H and O–H groups in total. The number of hydrogen-bond donors (Lipinski definition) is 2. The lowest BCUT2D eigenvalue weighted by atomic mass is 9.65. The molecular formula is C35H43N3O4. The van der Waals surface area contributed by atoms with E-state index in [1.165, 1.54) is 19.3 Å². The highest BCUT2D eigenvalue weighted by Crippen LogP contribution is 2.53. The van der Waals surface area contributed by atoms with Gasteiger partial charge in [-0.25, -0.2) is 0 Å². The van der Waals surface area contributed by atoms with E-state index in [0.717, 1.165) is 29.8 Å². The molecule has 3 heterocycles. The van der Waals surface area contributed by atoms with Crippen molar-refractivity contribution < 1.29 is 19.4 Å². The first-order valence-electron chi connectivity index (χ1n) is 15.2. The molecule has 7 nitrogen and oxygen atoms in total. The summed E-state index contributed by atoms with van der Waals surface area (Å²) < 4.78 is 13.5. The molecule has 0 radical (unpaired) electrons. The van der Waals surface area contributed by atoms with Crippen LogP contribution in [0, 0.1) is 16.7 Å². The molecule has 6 rings (SSSR count). The number of likely N-dealkylation sites (tertiary alicyclic amines) is 1. The first-order chi connectivity index (χ1) is 20.1. The number of ether oxygens (including phenoxy) is 2. The van der Waals surface area contributed by atoms with Gasteiger partial charge < -0.3 is 19.9 Å². The van der Waals surface area contributed by atoms with Crippen molar-refractivity contribution in [1.29, 1.82) is 0 Å². The van der Waals surface area contributed by atoms with Crippen molar-refractivity contribution in [2.24, 2.45) is 16.7 Å². The Hall–Kier alpha value is -3.10. The zero-order valence-electron chi connectivity index (χ0n) is 25.1. The maximum atomic E-state index is 12.8. The molecule has 2 bridgehead atoms. The van der Waals surface area contributed by atoms with Crippen LogP contribution in [0.3, 0.4) is 0 Å². The normalized spacial score (nSPS) is 30.6. The molecular weight excluding hydrogens is 526 g/mol. The van der Waals surface area contributed by atoms with Crippen molar-refractivity contribution in [3.8, 4) is 0 Å². The topological polar surface area (TPSA) is 83.9 Å². The van der Waals surface area contributed by atoms with E-state index in [1.807, 2.05) is 36.4 Å². The lowest BCUT2D eigenvalue weighted by Gasteiger charge is -2.43. The van der Waals surface area contributed by atoms with Gasteiger partial charge in [0.2, 0.25) is 0 Å². The van der Waals surface area contributed by atoms with Gasteiger partial charge in [0.25, 0.3) is 5.91 Å². The lowest BCUT2D eigenvalue weighted by molar-refractivity contribution is -0.276. The zero-order chi connectivity index (χ0) is 29.5. The van der Waals surface area contributed by atoms with Crippen molar-refractivity contribution in [3.63, 3.8) is 0 Å². The summed E-state index contributed by atoms with van der Waals surface area (Å²) in [5, 5.41) is 12.6. The van der Waals surface area contributed by atoms with Crippen LogP contribution in [0.1, 0.15) is 86.4 Å². The Morgan fingerprint density at radius 3 is 2.60 bits per heavy atom. The number of aliphatic hydroxyl groups excluding tert-OH is 1. The van der Waals surface area contributed by atoms with E-state index < -0.39 is 6.29 Å². The molecule has 3 aromatic rings. The number of fused-ring (bicyclic) bond motifs is 2. The summed E-state index contributed by atoms with van der Waals surface area (Å²) in [5.41, 5.74) is 4.70. The molecule has 6 atom stereocenters. The van der Waals surface area contributed by atoms with Crippen LogP contribution in [0.4, 0.5) is 5.69 Å². The molecule has 1 aliphatic carbocycles. The highest BCUT2D eigenvalue weighted by Gasteiger charge is 2.51. The van der Waals surface area contributed by atoms with E-state index in [2.05, 4.69) is 55.0 Å². The van der Waals surface area contributed by atoms with E-state index in [1.54, 1.807) is 24.5 Å². The largest absolute Gasteiger partial charge is 0.392 e. The summed E-state index contributed by atoms with van der Waals surface area (Å²) in [7, 11) is 0. The maximum absolute atomic E-state index is 12.8. The van der Waals surface area contributed by atoms with Crippen LogP contribution in [-0.4, -0.2) is 46.1 Å². The molecule has 42 heavy (non-hydrogen) atoms. The molecule has 1 aromatic heterocycles. The van der Waals surface area contributed by atoms with E-state index in [0.29, 0.717) is 28.1 Å². The van der Waals surface area contributed by atoms with Gasteiger partial charge >= 0.3 is 0 Å². The Morgan fingerprint density at radius 1 is 1.05 bits per heavy atom. The molecule has 2 saturated heterocycles. The van der Waals surface area contributed by atoms with Crippen LogP contribution in [0.25, 0.3) is 0 Å². The second-order valence-electron chi connectivity index (χ2n) is 13.8. The average Bonchev–Trinajstić information content (AvgIpc) is 3.21. The number of rotatable bonds is 7. The van der Waals surface area contributed by atoms with Gasteiger partial charge in [0.05, 0.1) is 24.4 Å². The predicted octanol–water partition coefficient (Wildman–Crippen LogP) is 6.52. The summed E-state index contributed by atoms with van der Waals surface area (Å²) in [5.74, 6) is -0.0911. The monoisotopic (exact) mass is 569 g/mol. The van der Waals surface area contributed by atoms with E-state index >= 15 is 0 Å². The van der Waals surface area contributed by atoms with Crippen LogP contribution in [0.15, 0.2) is 73.1 Å². The van der Waals surface area contributed by atoms with Gasteiger partial charge in [-0.1, -0.05) is 64.1 Å². The maximum Gasteiger partial charge on any atom is 0.257 e. The lowest BCUT2D eigenvalue weighted by Crippen LogP contribution is -2.46. The fourth-order valence-electron chi connectivity index (χ4n) is 7.81. The number of nitrogens with zero attached hydrogens (tertiary/aromatic N) is 2. The fourth-order valence-corrected chi connectivity index (χ4v) is 7.81. The van der Waals surface area contributed by atoms with Crippen LogP contribution in [-0.2, 0) is 16.1 Å². The minimum atomic E-state index is -0.585. The van der Waals surface area contributed by atoms with Crippen LogP contribution in [0.5, 0.6) is 0 Å². The zero-order valence-corrected chi connectivity index (χ0v) is 25.1. The molecule has 2 aromatic carbocycles. The highest BCUT2D eigenvalue weighted by molar-refractivity contribution is 6.04. The van der Waals surface area contributed by atoms with E-state index in [-0.39, 0.29) is 30.6 Å². The van der Waals surface area contributed by atoms with Crippen LogP contribution in [0.2, 0.25) is 0 Å². The van der Waals surface area contributed by atoms with Crippen LogP contribution < -0.4 is 5.32 Å². The number of aromatic nitrogens is 1. The number of aliphatic hydroxyl groups is 1. The molecule has 1 saturated carbocycles. The number of amides is 1. The Balaban J connectivity index is 1.26. The second kappa shape index (κ2) is 11.5. The number of hydrogen-bond acceptors (Lipinski definition) is 6. The minimum Gasteiger partial charge on any atom is -0.392 e. The van der Waals surface area contributed by atoms with Gasteiger partial charge in [-0.05, 0) is 65.5 Å². The van der Waals surface area contributed by atoms with E-state index in [4.69, 9.17) is 9.47 Å². The number of nitrogens with one attached hydrogen (secondary N) is 1. The molecule has 7 heteroatoms. The van der Waals surface area contributed by atoms with Gasteiger partial charge in [-0.15, -0.1) is 0 Å². The number of benzene rings is 2. The SMILES string of the molecule is CC1C(CN2CC3(C)CC2CC(C)(C)C3)OC(c2cccc(NC(=O)c3cccnc3)c2)OC1c1ccc(CO)cc1. The van der Waals surface area contributed by atoms with Crippen LogP contribution >= 0.6 is 0 Å². The first kappa shape index (κ1) is 29.0. The highest BCUT2D eigenvalue weighted by atomic mass is 16.7. The van der Waals surface area contributed by atoms with Crippen molar-refractivity contribution in [2.45, 2.75) is 78.1 Å². The number of carbonyl (C=O) groups excluding carboxylic acids is 1. The van der Waals surface area contributed by atoms with Crippen molar-refractivity contribution in [3.05, 3.63) is 95.3 Å². The molecule has 222 valence electrons. The van der Waals surface area contributed by atoms with Gasteiger partial charge in [-0.2, -0.15) is 0 Å². The summed E-state index contributed by atoms with van der Waals surface area (Å²) in [4.78, 5) is 19.5. The third-order valence-corrected chi connectivity index (χ3v) is 9.40. The number of pyridine rings is 1. The number of carbonyl (C=O) groups is 1. The third-order valence-electron chi connectivity index (χ3n) is 9.40. The summed E-state index contributed by atoms with van der Waals surface area (Å²) in [6.45, 7) is 11.5. The van der Waals surface area contributed by atoms with Gasteiger partial charge in [0, 0.05) is 48.7 Å². The van der Waals surface area contributed by atoms with Gasteiger partial charge in [-0.3, -0.25) is 14.7 Å². The molecule has 3 fully saturated rings. The second-order valence-corrected chi connectivity index (χ2v) is 13.8. The summed E-state index contributed by atoms with van der Waals surface area (Å²) in [6.07, 6.45) is 6.14. The summed E-state index contributed by atoms with van der Waals surface area (Å²) in [6, 6.07) is 19.8. The van der Waals surface area contributed by atoms with Crippen molar-refractivity contribution in [2.75, 3.05) is 18.4 Å². The molecule has 6 unspecified atom stereocenters. The predicted molar refractivity (Wildman–Crippen MR) is 163 cm³/mol. The summed E-state index contributed by atoms with van der Waals surface area (Å²) >= 11 is 0. The molecule has 3 aliphatic rings. The Bertz CT molecular complexity index is 1390. The smallest absolute Gasteiger partial charge is 0.257 e. The third kappa shape index (κ3) is 6.16. The van der Waals surface area contributed by atoms with Crippen molar-refractivity contribution in [1.82, 2.24) is 9.88 Å². The first-order valence-corrected chi connectivity index (χ1v) is 15.2. The van der Waals surface area contributed by atoms with Gasteiger partial charge in [0.15, 0.2) is 6.29 Å². The Morgan fingerprint density at radius 2 is 1.86 bits per heavy atom. The van der Waals surface area contributed by atoms with Crippen molar-refractivity contribution >= 4 is 11.6 Å². The molecule has 0 spiro atoms.